The molecule has 0 saturated heterocycles. The van der Waals surface area contributed by atoms with Crippen LogP contribution in [0.4, 0.5) is 0 Å². The quantitative estimate of drug-likeness (QED) is 0.671. The van der Waals surface area contributed by atoms with Crippen LogP contribution in [0.5, 0.6) is 5.75 Å². The van der Waals surface area contributed by atoms with E-state index < -0.39 is 6.10 Å². The summed E-state index contributed by atoms with van der Waals surface area (Å²) in [6.45, 7) is 0.182. The minimum absolute atomic E-state index is 0.182. The zero-order valence-corrected chi connectivity index (χ0v) is 15.9. The van der Waals surface area contributed by atoms with Crippen molar-refractivity contribution in [1.82, 2.24) is 14.1 Å². The summed E-state index contributed by atoms with van der Waals surface area (Å²) in [6, 6.07) is 10.9. The van der Waals surface area contributed by atoms with E-state index in [9.17, 15) is 14.7 Å². The van der Waals surface area contributed by atoms with Crippen LogP contribution in [0.15, 0.2) is 64.6 Å². The highest BCUT2D eigenvalue weighted by atomic mass is 16.5. The lowest BCUT2D eigenvalue weighted by Gasteiger charge is -2.13. The molecule has 0 radical (unpaired) electrons. The zero-order chi connectivity index (χ0) is 20.1. The largest absolute Gasteiger partial charge is 0.491 e. The second-order valence-electron chi connectivity index (χ2n) is 6.69. The van der Waals surface area contributed by atoms with Crippen molar-refractivity contribution in [2.75, 3.05) is 6.61 Å². The van der Waals surface area contributed by atoms with Gasteiger partial charge in [-0.15, -0.1) is 0 Å². The van der Waals surface area contributed by atoms with Crippen LogP contribution in [0.2, 0.25) is 0 Å². The second-order valence-corrected chi connectivity index (χ2v) is 6.69. The summed E-state index contributed by atoms with van der Waals surface area (Å²) < 4.78 is 8.10. The average molecular weight is 381 g/mol. The van der Waals surface area contributed by atoms with Crippen LogP contribution in [0.1, 0.15) is 12.0 Å². The first-order valence-electron chi connectivity index (χ1n) is 9.02. The van der Waals surface area contributed by atoms with Crippen molar-refractivity contribution in [2.24, 2.45) is 14.1 Å². The predicted molar refractivity (Wildman–Crippen MR) is 106 cm³/mol. The smallest absolute Gasteiger partial charge is 0.330 e. The third kappa shape index (κ3) is 4.55. The van der Waals surface area contributed by atoms with Gasteiger partial charge in [0.2, 0.25) is 0 Å². The number of rotatable bonds is 7. The van der Waals surface area contributed by atoms with E-state index in [1.54, 1.807) is 43.7 Å². The normalized spacial score (nSPS) is 12.0. The SMILES string of the molecule is Cn1cc(-c2ccc(OCC(O)CCc3cccnc3)cc2)c(=O)n(C)c1=O. The van der Waals surface area contributed by atoms with E-state index in [2.05, 4.69) is 4.98 Å². The Bertz CT molecular complexity index is 1040. The van der Waals surface area contributed by atoms with E-state index in [1.165, 1.54) is 17.8 Å². The number of ether oxygens (including phenoxy) is 1. The van der Waals surface area contributed by atoms with Crippen molar-refractivity contribution in [3.8, 4) is 16.9 Å². The van der Waals surface area contributed by atoms with Crippen molar-refractivity contribution >= 4 is 0 Å². The summed E-state index contributed by atoms with van der Waals surface area (Å²) >= 11 is 0. The third-order valence-corrected chi connectivity index (χ3v) is 4.54. The third-order valence-electron chi connectivity index (χ3n) is 4.54. The number of benzene rings is 1. The Kier molecular flexibility index (Phi) is 6.06. The number of aliphatic hydroxyl groups excluding tert-OH is 1. The van der Waals surface area contributed by atoms with Gasteiger partial charge in [0, 0.05) is 32.7 Å². The zero-order valence-electron chi connectivity index (χ0n) is 15.9. The van der Waals surface area contributed by atoms with Crippen molar-refractivity contribution in [3.63, 3.8) is 0 Å². The van der Waals surface area contributed by atoms with Gasteiger partial charge in [0.25, 0.3) is 5.56 Å². The minimum Gasteiger partial charge on any atom is -0.491 e. The average Bonchev–Trinajstić information content (AvgIpc) is 2.73. The molecule has 1 atom stereocenters. The van der Waals surface area contributed by atoms with E-state index in [-0.39, 0.29) is 17.9 Å². The molecule has 0 aliphatic carbocycles. The molecule has 0 spiro atoms. The van der Waals surface area contributed by atoms with Crippen molar-refractivity contribution in [2.45, 2.75) is 18.9 Å². The van der Waals surface area contributed by atoms with Crippen LogP contribution < -0.4 is 16.0 Å². The van der Waals surface area contributed by atoms with Gasteiger partial charge in [0.1, 0.15) is 12.4 Å². The molecule has 2 aromatic heterocycles. The summed E-state index contributed by atoms with van der Waals surface area (Å²) in [6.07, 6.45) is 5.76. The van der Waals surface area contributed by atoms with E-state index >= 15 is 0 Å². The Morgan fingerprint density at radius 2 is 1.89 bits per heavy atom. The van der Waals surface area contributed by atoms with Gasteiger partial charge >= 0.3 is 5.69 Å². The molecule has 0 amide bonds. The topological polar surface area (TPSA) is 86.3 Å². The first-order chi connectivity index (χ1) is 13.5. The highest BCUT2D eigenvalue weighted by Crippen LogP contribution is 2.19. The van der Waals surface area contributed by atoms with Crippen molar-refractivity contribution in [1.29, 1.82) is 0 Å². The van der Waals surface area contributed by atoms with Crippen molar-refractivity contribution in [3.05, 3.63) is 81.4 Å². The molecule has 0 bridgehead atoms. The number of pyridine rings is 1. The van der Waals surface area contributed by atoms with Crippen LogP contribution in [0, 0.1) is 0 Å². The Balaban J connectivity index is 1.61. The number of aliphatic hydroxyl groups is 1. The number of nitrogens with zero attached hydrogens (tertiary/aromatic N) is 3. The highest BCUT2D eigenvalue weighted by Gasteiger charge is 2.10. The molecule has 3 rings (SSSR count). The minimum atomic E-state index is -0.587. The van der Waals surface area contributed by atoms with Gasteiger partial charge < -0.3 is 14.4 Å². The molecule has 28 heavy (non-hydrogen) atoms. The lowest BCUT2D eigenvalue weighted by atomic mass is 10.1. The van der Waals surface area contributed by atoms with E-state index in [0.717, 1.165) is 16.6 Å². The fraction of sp³-hybridized carbons (Fsp3) is 0.286. The summed E-state index contributed by atoms with van der Waals surface area (Å²) in [4.78, 5) is 28.2. The van der Waals surface area contributed by atoms with Crippen LogP contribution >= 0.6 is 0 Å². The second kappa shape index (κ2) is 8.67. The molecule has 1 unspecified atom stereocenters. The maximum absolute atomic E-state index is 12.3. The maximum atomic E-state index is 12.3. The van der Waals surface area contributed by atoms with Gasteiger partial charge in [-0.1, -0.05) is 18.2 Å². The lowest BCUT2D eigenvalue weighted by Crippen LogP contribution is -2.37. The number of hydrogen-bond acceptors (Lipinski definition) is 5. The van der Waals surface area contributed by atoms with E-state index in [0.29, 0.717) is 23.3 Å². The standard InChI is InChI=1S/C21H23N3O4/c1-23-13-19(20(26)24(2)21(23)27)16-6-9-18(10-7-16)28-14-17(25)8-5-15-4-3-11-22-12-15/h3-4,6-7,9-13,17,25H,5,8,14H2,1-2H3. The van der Waals surface area contributed by atoms with Gasteiger partial charge in [-0.2, -0.15) is 0 Å². The molecule has 7 nitrogen and oxygen atoms in total. The Hall–Kier alpha value is -3.19. The van der Waals surface area contributed by atoms with Gasteiger partial charge in [-0.3, -0.25) is 14.3 Å². The van der Waals surface area contributed by atoms with Crippen LogP contribution in [0.3, 0.4) is 0 Å². The number of aryl methyl sites for hydroxylation is 2. The molecular formula is C21H23N3O4. The van der Waals surface area contributed by atoms with Gasteiger partial charge in [-0.25, -0.2) is 4.79 Å². The summed E-state index contributed by atoms with van der Waals surface area (Å²) in [5.74, 6) is 0.603. The molecule has 0 fully saturated rings. The van der Waals surface area contributed by atoms with Crippen LogP contribution in [0.25, 0.3) is 11.1 Å². The Morgan fingerprint density at radius 1 is 1.14 bits per heavy atom. The lowest BCUT2D eigenvalue weighted by molar-refractivity contribution is 0.100. The van der Waals surface area contributed by atoms with Gasteiger partial charge in [0.05, 0.1) is 11.7 Å². The molecule has 146 valence electrons. The highest BCUT2D eigenvalue weighted by molar-refractivity contribution is 5.62. The van der Waals surface area contributed by atoms with Gasteiger partial charge in [-0.05, 0) is 42.2 Å². The Labute approximate surface area is 162 Å². The fourth-order valence-electron chi connectivity index (χ4n) is 2.89. The molecular weight excluding hydrogens is 358 g/mol. The summed E-state index contributed by atoms with van der Waals surface area (Å²) in [5.41, 5.74) is 1.50. The molecule has 7 heteroatoms. The number of aromatic nitrogens is 3. The predicted octanol–water partition coefficient (Wildman–Crippen LogP) is 1.52. The summed E-state index contributed by atoms with van der Waals surface area (Å²) in [7, 11) is 3.06. The molecule has 3 aromatic rings. The first kappa shape index (κ1) is 19.6. The summed E-state index contributed by atoms with van der Waals surface area (Å²) in [5, 5.41) is 10.1. The fourth-order valence-corrected chi connectivity index (χ4v) is 2.89. The maximum Gasteiger partial charge on any atom is 0.330 e. The molecule has 1 aromatic carbocycles. The van der Waals surface area contributed by atoms with E-state index in [1.807, 2.05) is 12.1 Å². The molecule has 1 N–H and O–H groups in total. The van der Waals surface area contributed by atoms with E-state index in [4.69, 9.17) is 4.74 Å². The Morgan fingerprint density at radius 3 is 2.57 bits per heavy atom. The monoisotopic (exact) mass is 381 g/mol. The molecule has 0 aliphatic rings. The van der Waals surface area contributed by atoms with Crippen LogP contribution in [-0.4, -0.2) is 31.9 Å². The van der Waals surface area contributed by atoms with Crippen LogP contribution in [-0.2, 0) is 20.5 Å². The number of hydrogen-bond donors (Lipinski definition) is 1. The first-order valence-corrected chi connectivity index (χ1v) is 9.02. The molecule has 0 aliphatic heterocycles. The van der Waals surface area contributed by atoms with Gasteiger partial charge in [0.15, 0.2) is 0 Å². The molecule has 0 saturated carbocycles. The molecule has 2 heterocycles. The van der Waals surface area contributed by atoms with Crippen molar-refractivity contribution < 1.29 is 9.84 Å².